The first-order chi connectivity index (χ1) is 11.5. The predicted octanol–water partition coefficient (Wildman–Crippen LogP) is 2.71. The fraction of sp³-hybridized carbons (Fsp3) is 0.588. The first-order valence-electron chi connectivity index (χ1n) is 8.54. The Morgan fingerprint density at radius 1 is 1.21 bits per heavy atom. The van der Waals surface area contributed by atoms with Crippen LogP contribution < -0.4 is 4.90 Å². The van der Waals surface area contributed by atoms with Crippen molar-refractivity contribution in [3.05, 3.63) is 34.1 Å². The number of amides is 1. The Hall–Kier alpha value is -2.18. The quantitative estimate of drug-likeness (QED) is 0.630. The molecule has 24 heavy (non-hydrogen) atoms. The average Bonchev–Trinajstić information content (AvgIpc) is 3.38. The van der Waals surface area contributed by atoms with Crippen molar-refractivity contribution in [2.24, 2.45) is 5.92 Å². The van der Waals surface area contributed by atoms with Crippen LogP contribution in [0.15, 0.2) is 18.2 Å². The van der Waals surface area contributed by atoms with E-state index in [4.69, 9.17) is 0 Å². The smallest absolute Gasteiger partial charge is 0.292 e. The summed E-state index contributed by atoms with van der Waals surface area (Å²) in [6, 6.07) is 4.26. The van der Waals surface area contributed by atoms with Crippen LogP contribution in [0.25, 0.3) is 0 Å². The maximum Gasteiger partial charge on any atom is 0.292 e. The second-order valence-electron chi connectivity index (χ2n) is 7.02. The molecule has 1 saturated carbocycles. The monoisotopic (exact) mass is 333 g/mol. The highest BCUT2D eigenvalue weighted by atomic mass is 19.1. The minimum Gasteiger partial charge on any atom is -0.365 e. The Morgan fingerprint density at radius 2 is 2.00 bits per heavy atom. The zero-order valence-corrected chi connectivity index (χ0v) is 13.4. The molecule has 4 rings (SSSR count). The van der Waals surface area contributed by atoms with Gasteiger partial charge in [-0.1, -0.05) is 0 Å². The number of carbonyl (C=O) groups excluding carboxylic acids is 1. The highest BCUT2D eigenvalue weighted by Crippen LogP contribution is 2.41. The van der Waals surface area contributed by atoms with Gasteiger partial charge in [0.2, 0.25) is 5.91 Å². The van der Waals surface area contributed by atoms with Crippen LogP contribution in [0.2, 0.25) is 0 Å². The van der Waals surface area contributed by atoms with E-state index in [1.165, 1.54) is 12.1 Å². The molecule has 0 spiro atoms. The SMILES string of the molecule is O=C1CCC2CN(c3cc(F)ccc3[N+](=O)[O-])CCC2N1C1CC1. The summed E-state index contributed by atoms with van der Waals surface area (Å²) in [6.45, 7) is 1.26. The van der Waals surface area contributed by atoms with Gasteiger partial charge in [-0.15, -0.1) is 0 Å². The van der Waals surface area contributed by atoms with Crippen molar-refractivity contribution < 1.29 is 14.1 Å². The van der Waals surface area contributed by atoms with E-state index in [2.05, 4.69) is 4.90 Å². The number of nitro groups is 1. The Morgan fingerprint density at radius 3 is 2.71 bits per heavy atom. The van der Waals surface area contributed by atoms with Gasteiger partial charge in [0.25, 0.3) is 5.69 Å². The Balaban J connectivity index is 1.58. The molecular formula is C17H20FN3O3. The summed E-state index contributed by atoms with van der Waals surface area (Å²) >= 11 is 0. The topological polar surface area (TPSA) is 66.7 Å². The van der Waals surface area contributed by atoms with Gasteiger partial charge in [-0.2, -0.15) is 0 Å². The van der Waals surface area contributed by atoms with E-state index in [0.717, 1.165) is 31.7 Å². The van der Waals surface area contributed by atoms with Crippen LogP contribution in [0, 0.1) is 21.8 Å². The molecule has 0 radical (unpaired) electrons. The third-order valence-electron chi connectivity index (χ3n) is 5.48. The standard InChI is InChI=1S/C17H20FN3O3/c18-12-2-5-15(21(23)24)16(9-12)19-8-7-14-11(10-19)1-6-17(22)20(14)13-3-4-13/h2,5,9,11,13-14H,1,3-4,6-8,10H2. The molecule has 0 bridgehead atoms. The van der Waals surface area contributed by atoms with Crippen LogP contribution in [0.3, 0.4) is 0 Å². The normalized spacial score (nSPS) is 27.1. The number of nitrogens with zero attached hydrogens (tertiary/aromatic N) is 3. The third-order valence-corrected chi connectivity index (χ3v) is 5.48. The molecule has 1 amide bonds. The van der Waals surface area contributed by atoms with E-state index in [1.54, 1.807) is 0 Å². The molecule has 1 aliphatic carbocycles. The molecular weight excluding hydrogens is 313 g/mol. The van der Waals surface area contributed by atoms with Gasteiger partial charge in [-0.05, 0) is 37.7 Å². The summed E-state index contributed by atoms with van der Waals surface area (Å²) in [5.41, 5.74) is 0.300. The molecule has 1 aromatic rings. The van der Waals surface area contributed by atoms with Crippen LogP contribution in [0.4, 0.5) is 15.8 Å². The van der Waals surface area contributed by atoms with Gasteiger partial charge in [0.1, 0.15) is 11.5 Å². The molecule has 6 nitrogen and oxygen atoms in total. The largest absolute Gasteiger partial charge is 0.365 e. The highest BCUT2D eigenvalue weighted by Gasteiger charge is 2.45. The van der Waals surface area contributed by atoms with Crippen LogP contribution in [-0.4, -0.2) is 40.9 Å². The number of halogens is 1. The number of piperidine rings is 2. The van der Waals surface area contributed by atoms with Crippen LogP contribution in [0.5, 0.6) is 0 Å². The predicted molar refractivity (Wildman–Crippen MR) is 86.3 cm³/mol. The Kier molecular flexibility index (Phi) is 3.66. The van der Waals surface area contributed by atoms with E-state index in [1.807, 2.05) is 4.90 Å². The number of carbonyl (C=O) groups is 1. The molecule has 1 aromatic carbocycles. The number of likely N-dealkylation sites (tertiary alicyclic amines) is 1. The number of hydrogen-bond donors (Lipinski definition) is 0. The van der Waals surface area contributed by atoms with Crippen molar-refractivity contribution in [1.29, 1.82) is 0 Å². The van der Waals surface area contributed by atoms with Crippen LogP contribution >= 0.6 is 0 Å². The van der Waals surface area contributed by atoms with E-state index < -0.39 is 10.7 Å². The number of hydrogen-bond acceptors (Lipinski definition) is 4. The lowest BCUT2D eigenvalue weighted by atomic mass is 9.83. The molecule has 2 atom stereocenters. The van der Waals surface area contributed by atoms with Gasteiger partial charge in [-0.3, -0.25) is 14.9 Å². The number of benzene rings is 1. The second-order valence-corrected chi connectivity index (χ2v) is 7.02. The summed E-state index contributed by atoms with van der Waals surface area (Å²) in [5, 5.41) is 11.3. The average molecular weight is 333 g/mol. The fourth-order valence-electron chi connectivity index (χ4n) is 4.24. The minimum atomic E-state index is -0.462. The zero-order chi connectivity index (χ0) is 16.8. The molecule has 3 aliphatic rings. The summed E-state index contributed by atoms with van der Waals surface area (Å²) < 4.78 is 13.6. The van der Waals surface area contributed by atoms with Gasteiger partial charge < -0.3 is 9.80 Å². The molecule has 0 N–H and O–H groups in total. The van der Waals surface area contributed by atoms with E-state index in [-0.39, 0.29) is 17.6 Å². The van der Waals surface area contributed by atoms with Gasteiger partial charge in [0.05, 0.1) is 4.92 Å². The van der Waals surface area contributed by atoms with Crippen molar-refractivity contribution in [2.75, 3.05) is 18.0 Å². The lowest BCUT2D eigenvalue weighted by Crippen LogP contribution is -2.56. The minimum absolute atomic E-state index is 0.0548. The summed E-state index contributed by atoms with van der Waals surface area (Å²) in [6.07, 6.45) is 4.34. The Labute approximate surface area is 139 Å². The molecule has 2 unspecified atom stereocenters. The third kappa shape index (κ3) is 2.61. The molecule has 0 aromatic heterocycles. The number of nitro benzene ring substituents is 1. The molecule has 2 saturated heterocycles. The fourth-order valence-corrected chi connectivity index (χ4v) is 4.24. The van der Waals surface area contributed by atoms with Crippen molar-refractivity contribution in [3.8, 4) is 0 Å². The lowest BCUT2D eigenvalue weighted by Gasteiger charge is -2.47. The molecule has 2 heterocycles. The summed E-state index contributed by atoms with van der Waals surface area (Å²) in [4.78, 5) is 27.0. The lowest BCUT2D eigenvalue weighted by molar-refractivity contribution is -0.384. The summed E-state index contributed by atoms with van der Waals surface area (Å²) in [7, 11) is 0. The second kappa shape index (κ2) is 5.72. The van der Waals surface area contributed by atoms with E-state index >= 15 is 0 Å². The molecule has 3 fully saturated rings. The van der Waals surface area contributed by atoms with Gasteiger partial charge >= 0.3 is 0 Å². The first-order valence-corrected chi connectivity index (χ1v) is 8.54. The maximum atomic E-state index is 13.6. The zero-order valence-electron chi connectivity index (χ0n) is 13.4. The van der Waals surface area contributed by atoms with Gasteiger partial charge in [0, 0.05) is 43.7 Å². The van der Waals surface area contributed by atoms with Crippen molar-refractivity contribution in [2.45, 2.75) is 44.2 Å². The number of fused-ring (bicyclic) bond motifs is 1. The molecule has 2 aliphatic heterocycles. The van der Waals surface area contributed by atoms with Crippen LogP contribution in [-0.2, 0) is 4.79 Å². The van der Waals surface area contributed by atoms with Gasteiger partial charge in [0.15, 0.2) is 0 Å². The van der Waals surface area contributed by atoms with Gasteiger partial charge in [-0.25, -0.2) is 4.39 Å². The first kappa shape index (κ1) is 15.4. The molecule has 7 heteroatoms. The number of rotatable bonds is 3. The molecule has 128 valence electrons. The maximum absolute atomic E-state index is 13.6. The van der Waals surface area contributed by atoms with E-state index in [9.17, 15) is 19.3 Å². The van der Waals surface area contributed by atoms with Crippen molar-refractivity contribution in [3.63, 3.8) is 0 Å². The van der Waals surface area contributed by atoms with E-state index in [0.29, 0.717) is 37.2 Å². The van der Waals surface area contributed by atoms with Crippen molar-refractivity contribution in [1.82, 2.24) is 4.90 Å². The van der Waals surface area contributed by atoms with Crippen molar-refractivity contribution >= 4 is 17.3 Å². The van der Waals surface area contributed by atoms with Crippen LogP contribution in [0.1, 0.15) is 32.1 Å². The highest BCUT2D eigenvalue weighted by molar-refractivity contribution is 5.78. The Bertz CT molecular complexity index is 692. The summed E-state index contributed by atoms with van der Waals surface area (Å²) in [5.74, 6) is 0.0972. The number of anilines is 1.